The molecule has 0 spiro atoms. The molecule has 2 heterocycles. The summed E-state index contributed by atoms with van der Waals surface area (Å²) in [6.45, 7) is 0. The number of aromatic amines is 1. The number of para-hydroxylation sites is 2. The molecule has 4 aromatic rings. The standard InChI is InChI=1S/C23H15N3O3S/c27-22-16(21(23(28)29)25-26(22)15-6-2-1-3-7-15)12-14-10-11-18-20(13-14)30-19-9-5-4-8-17(19)24-18/h1-13,25H,(H,28,29). The van der Waals surface area contributed by atoms with Gasteiger partial charge in [0.15, 0.2) is 5.69 Å². The van der Waals surface area contributed by atoms with E-state index in [1.54, 1.807) is 42.1 Å². The van der Waals surface area contributed by atoms with Crippen LogP contribution in [0.5, 0.6) is 0 Å². The lowest BCUT2D eigenvalue weighted by Gasteiger charge is -2.11. The predicted octanol–water partition coefficient (Wildman–Crippen LogP) is 3.11. The van der Waals surface area contributed by atoms with Crippen LogP contribution in [0.25, 0.3) is 11.8 Å². The van der Waals surface area contributed by atoms with Crippen molar-refractivity contribution in [3.63, 3.8) is 0 Å². The van der Waals surface area contributed by atoms with Crippen LogP contribution in [0.4, 0.5) is 5.69 Å². The lowest BCUT2D eigenvalue weighted by molar-refractivity contribution is 0.0689. The van der Waals surface area contributed by atoms with E-state index in [0.29, 0.717) is 5.69 Å². The molecule has 0 atom stereocenters. The second-order valence-electron chi connectivity index (χ2n) is 6.73. The molecule has 1 aromatic heterocycles. The van der Waals surface area contributed by atoms with Gasteiger partial charge in [-0.25, -0.2) is 14.5 Å². The van der Waals surface area contributed by atoms with E-state index in [-0.39, 0.29) is 11.3 Å². The number of nitrogens with one attached hydrogen (secondary N) is 1. The Morgan fingerprint density at radius 1 is 1.00 bits per heavy atom. The summed E-state index contributed by atoms with van der Waals surface area (Å²) in [5, 5.41) is 13.9. The van der Waals surface area contributed by atoms with Crippen LogP contribution in [0, 0.1) is 0 Å². The molecule has 5 rings (SSSR count). The number of carboxylic acids is 1. The van der Waals surface area contributed by atoms with Gasteiger partial charge >= 0.3 is 5.97 Å². The third kappa shape index (κ3) is 3.15. The lowest BCUT2D eigenvalue weighted by atomic mass is 10.2. The van der Waals surface area contributed by atoms with Gasteiger partial charge in [0.05, 0.1) is 22.3 Å². The summed E-state index contributed by atoms with van der Waals surface area (Å²) >= 11 is 1.60. The van der Waals surface area contributed by atoms with Crippen molar-refractivity contribution in [1.82, 2.24) is 9.78 Å². The molecular weight excluding hydrogens is 398 g/mol. The minimum absolute atomic E-state index is 0.101. The van der Waals surface area contributed by atoms with E-state index in [9.17, 15) is 14.7 Å². The molecular formula is C23H15N3O3S. The maximum atomic E-state index is 13.0. The monoisotopic (exact) mass is 413 g/mol. The summed E-state index contributed by atoms with van der Waals surface area (Å²) in [6.07, 6.45) is 1.60. The van der Waals surface area contributed by atoms with Gasteiger partial charge in [0.25, 0.3) is 5.56 Å². The van der Waals surface area contributed by atoms with E-state index in [0.717, 1.165) is 26.1 Å². The zero-order valence-electron chi connectivity index (χ0n) is 15.6. The third-order valence-electron chi connectivity index (χ3n) is 4.78. The van der Waals surface area contributed by atoms with Crippen molar-refractivity contribution in [3.05, 3.63) is 105 Å². The predicted molar refractivity (Wildman–Crippen MR) is 114 cm³/mol. The number of carbonyl (C=O) groups is 1. The normalized spacial score (nSPS) is 12.7. The molecule has 0 aliphatic carbocycles. The largest absolute Gasteiger partial charge is 0.477 e. The first-order valence-corrected chi connectivity index (χ1v) is 10.0. The topological polar surface area (TPSA) is 87.5 Å². The minimum Gasteiger partial charge on any atom is -0.477 e. The number of nitrogens with zero attached hydrogens (tertiary/aromatic N) is 2. The van der Waals surface area contributed by atoms with Crippen LogP contribution in [0.1, 0.15) is 16.1 Å². The van der Waals surface area contributed by atoms with Crippen LogP contribution >= 0.6 is 11.8 Å². The van der Waals surface area contributed by atoms with Gasteiger partial charge in [-0.1, -0.05) is 48.2 Å². The summed E-state index contributed by atoms with van der Waals surface area (Å²) in [4.78, 5) is 31.4. The number of rotatable bonds is 3. The molecule has 0 unspecified atom stereocenters. The maximum Gasteiger partial charge on any atom is 0.354 e. The summed E-state index contributed by atoms with van der Waals surface area (Å²) in [5.74, 6) is -1.19. The smallest absolute Gasteiger partial charge is 0.354 e. The molecule has 0 saturated carbocycles. The van der Waals surface area contributed by atoms with Gasteiger partial charge in [0.2, 0.25) is 0 Å². The van der Waals surface area contributed by atoms with Crippen LogP contribution < -0.4 is 16.1 Å². The van der Waals surface area contributed by atoms with Crippen molar-refractivity contribution in [1.29, 1.82) is 0 Å². The van der Waals surface area contributed by atoms with Crippen molar-refractivity contribution in [3.8, 4) is 5.69 Å². The van der Waals surface area contributed by atoms with Crippen LogP contribution in [0.15, 0.2) is 92.4 Å². The third-order valence-corrected chi connectivity index (χ3v) is 5.89. The second-order valence-corrected chi connectivity index (χ2v) is 7.82. The maximum absolute atomic E-state index is 13.0. The summed E-state index contributed by atoms with van der Waals surface area (Å²) in [5.41, 5.74) is 1.03. The molecule has 146 valence electrons. The molecule has 0 bridgehead atoms. The highest BCUT2D eigenvalue weighted by Gasteiger charge is 2.19. The highest BCUT2D eigenvalue weighted by atomic mass is 32.2. The first kappa shape index (κ1) is 18.2. The van der Waals surface area contributed by atoms with Gasteiger partial charge in [-0.05, 0) is 47.7 Å². The van der Waals surface area contributed by atoms with Gasteiger partial charge in [0.1, 0.15) is 0 Å². The molecule has 0 fully saturated rings. The van der Waals surface area contributed by atoms with Gasteiger partial charge in [-0.2, -0.15) is 0 Å². The number of hydrogen-bond acceptors (Lipinski definition) is 4. The van der Waals surface area contributed by atoms with E-state index in [1.165, 1.54) is 4.68 Å². The number of hydrogen-bond donors (Lipinski definition) is 2. The number of aromatic carboxylic acids is 1. The molecule has 1 aliphatic rings. The highest BCUT2D eigenvalue weighted by molar-refractivity contribution is 7.99. The first-order valence-electron chi connectivity index (χ1n) is 9.21. The number of aromatic nitrogens is 2. The van der Waals surface area contributed by atoms with Crippen molar-refractivity contribution in [2.45, 2.75) is 9.79 Å². The summed E-state index contributed by atoms with van der Waals surface area (Å²) in [6, 6.07) is 22.4. The highest BCUT2D eigenvalue weighted by Crippen LogP contribution is 2.35. The summed E-state index contributed by atoms with van der Waals surface area (Å²) in [7, 11) is 0. The average molecular weight is 413 g/mol. The molecule has 0 amide bonds. The Labute approximate surface area is 174 Å². The first-order chi connectivity index (χ1) is 14.6. The Balaban J connectivity index is 1.66. The fourth-order valence-electron chi connectivity index (χ4n) is 3.35. The fraction of sp³-hybridized carbons (Fsp3) is 0. The SMILES string of the molecule is O=C(O)c1[nH]n(-c2ccccc2)c(=O)c1C=c1ccc2c(c1)Sc1ccccc1N=2. The Morgan fingerprint density at radius 2 is 1.77 bits per heavy atom. The quantitative estimate of drug-likeness (QED) is 0.476. The van der Waals surface area contributed by atoms with Crippen molar-refractivity contribution < 1.29 is 9.90 Å². The molecule has 1 aliphatic heterocycles. The van der Waals surface area contributed by atoms with Crippen molar-refractivity contribution in [2.75, 3.05) is 0 Å². The number of carboxylic acid groups (broad SMARTS) is 1. The fourth-order valence-corrected chi connectivity index (χ4v) is 4.37. The summed E-state index contributed by atoms with van der Waals surface area (Å²) < 4.78 is 1.24. The van der Waals surface area contributed by atoms with Gasteiger partial charge in [-0.15, -0.1) is 0 Å². The van der Waals surface area contributed by atoms with Crippen LogP contribution in [-0.2, 0) is 0 Å². The molecule has 2 N–H and O–H groups in total. The van der Waals surface area contributed by atoms with Crippen molar-refractivity contribution in [2.24, 2.45) is 4.99 Å². The molecule has 7 heteroatoms. The van der Waals surface area contributed by atoms with Gasteiger partial charge < -0.3 is 5.11 Å². The van der Waals surface area contributed by atoms with E-state index in [2.05, 4.69) is 10.1 Å². The Morgan fingerprint density at radius 3 is 2.57 bits per heavy atom. The number of fused-ring (bicyclic) bond motifs is 2. The van der Waals surface area contributed by atoms with E-state index in [1.807, 2.05) is 48.5 Å². The number of H-pyrrole nitrogens is 1. The van der Waals surface area contributed by atoms with E-state index >= 15 is 0 Å². The zero-order valence-corrected chi connectivity index (χ0v) is 16.4. The zero-order chi connectivity index (χ0) is 20.7. The van der Waals surface area contributed by atoms with Gasteiger partial charge in [-0.3, -0.25) is 9.89 Å². The van der Waals surface area contributed by atoms with Crippen LogP contribution in [0.2, 0.25) is 0 Å². The average Bonchev–Trinajstić information content (AvgIpc) is 3.09. The molecule has 6 nitrogen and oxygen atoms in total. The number of benzene rings is 3. The molecule has 30 heavy (non-hydrogen) atoms. The molecule has 0 saturated heterocycles. The van der Waals surface area contributed by atoms with E-state index in [4.69, 9.17) is 0 Å². The van der Waals surface area contributed by atoms with Gasteiger partial charge in [0, 0.05) is 9.79 Å². The minimum atomic E-state index is -1.19. The Kier molecular flexibility index (Phi) is 4.37. The molecule has 0 radical (unpaired) electrons. The molecule has 3 aromatic carbocycles. The van der Waals surface area contributed by atoms with Crippen LogP contribution in [-0.4, -0.2) is 20.9 Å². The van der Waals surface area contributed by atoms with E-state index < -0.39 is 11.5 Å². The van der Waals surface area contributed by atoms with Crippen LogP contribution in [0.3, 0.4) is 0 Å². The lowest BCUT2D eigenvalue weighted by Crippen LogP contribution is -2.18. The Hall–Kier alpha value is -3.84. The Bertz CT molecular complexity index is 1470. The van der Waals surface area contributed by atoms with Crippen molar-refractivity contribution >= 4 is 29.5 Å². The second kappa shape index (κ2) is 7.20.